The predicted octanol–water partition coefficient (Wildman–Crippen LogP) is 1.97. The molecular weight excluding hydrogens is 334 g/mol. The fraction of sp³-hybridized carbons (Fsp3) is 0.474. The van der Waals surface area contributed by atoms with Crippen molar-refractivity contribution in [3.8, 4) is 11.5 Å². The molecule has 0 saturated carbocycles. The Labute approximate surface area is 152 Å². The number of hydrogen-bond acceptors (Lipinski definition) is 5. The highest BCUT2D eigenvalue weighted by molar-refractivity contribution is 5.78. The number of aromatic nitrogens is 2. The van der Waals surface area contributed by atoms with Gasteiger partial charge >= 0.3 is 5.97 Å². The van der Waals surface area contributed by atoms with Gasteiger partial charge in [0.1, 0.15) is 23.5 Å². The van der Waals surface area contributed by atoms with Crippen LogP contribution in [-0.2, 0) is 17.9 Å². The lowest BCUT2D eigenvalue weighted by Gasteiger charge is -2.36. The van der Waals surface area contributed by atoms with Crippen molar-refractivity contribution in [3.63, 3.8) is 0 Å². The largest absolute Gasteiger partial charge is 0.497 e. The van der Waals surface area contributed by atoms with Gasteiger partial charge in [0.15, 0.2) is 0 Å². The van der Waals surface area contributed by atoms with Crippen molar-refractivity contribution in [1.29, 1.82) is 0 Å². The van der Waals surface area contributed by atoms with Crippen molar-refractivity contribution < 1.29 is 19.4 Å². The second kappa shape index (κ2) is 6.32. The van der Waals surface area contributed by atoms with E-state index in [1.54, 1.807) is 7.11 Å². The second-order valence-electron chi connectivity index (χ2n) is 7.08. The van der Waals surface area contributed by atoms with E-state index in [1.807, 2.05) is 42.2 Å². The first-order valence-electron chi connectivity index (χ1n) is 8.83. The van der Waals surface area contributed by atoms with Gasteiger partial charge in [0.25, 0.3) is 0 Å². The van der Waals surface area contributed by atoms with Crippen LogP contribution < -0.4 is 9.47 Å². The molecule has 2 atom stereocenters. The zero-order chi connectivity index (χ0) is 18.3. The number of ether oxygens (including phenoxy) is 2. The van der Waals surface area contributed by atoms with Gasteiger partial charge in [0, 0.05) is 55.5 Å². The third kappa shape index (κ3) is 2.63. The zero-order valence-corrected chi connectivity index (χ0v) is 15.0. The van der Waals surface area contributed by atoms with E-state index in [1.165, 1.54) is 0 Å². The number of benzene rings is 1. The summed E-state index contributed by atoms with van der Waals surface area (Å²) in [5.74, 6) is 0.548. The lowest BCUT2D eigenvalue weighted by molar-refractivity contribution is -0.151. The van der Waals surface area contributed by atoms with E-state index in [9.17, 15) is 9.90 Å². The Morgan fingerprint density at radius 3 is 3.04 bits per heavy atom. The van der Waals surface area contributed by atoms with Crippen molar-refractivity contribution in [2.24, 2.45) is 5.41 Å². The van der Waals surface area contributed by atoms with E-state index in [0.29, 0.717) is 25.4 Å². The van der Waals surface area contributed by atoms with Crippen molar-refractivity contribution >= 4 is 5.97 Å². The molecule has 0 aliphatic carbocycles. The molecule has 0 bridgehead atoms. The molecule has 1 aromatic carbocycles. The Bertz CT molecular complexity index is 834. The molecular formula is C19H23N3O4. The van der Waals surface area contributed by atoms with Gasteiger partial charge in [-0.05, 0) is 13.0 Å². The molecule has 138 valence electrons. The fourth-order valence-electron chi connectivity index (χ4n) is 4.13. The van der Waals surface area contributed by atoms with Gasteiger partial charge in [-0.15, -0.1) is 0 Å². The van der Waals surface area contributed by atoms with Crippen LogP contribution in [0.5, 0.6) is 11.5 Å². The molecule has 7 nitrogen and oxygen atoms in total. The van der Waals surface area contributed by atoms with Crippen LogP contribution in [0.25, 0.3) is 0 Å². The number of rotatable bonds is 5. The minimum absolute atomic E-state index is 0.101. The normalized spacial score (nSPS) is 24.6. The summed E-state index contributed by atoms with van der Waals surface area (Å²) < 4.78 is 13.0. The Balaban J connectivity index is 1.63. The van der Waals surface area contributed by atoms with Crippen molar-refractivity contribution in [2.75, 3.05) is 26.8 Å². The van der Waals surface area contributed by atoms with E-state index in [0.717, 1.165) is 23.4 Å². The predicted molar refractivity (Wildman–Crippen MR) is 94.5 cm³/mol. The van der Waals surface area contributed by atoms with Gasteiger partial charge in [-0.3, -0.25) is 14.4 Å². The summed E-state index contributed by atoms with van der Waals surface area (Å²) in [6.07, 6.45) is 3.87. The highest BCUT2D eigenvalue weighted by Crippen LogP contribution is 2.50. The summed E-state index contributed by atoms with van der Waals surface area (Å²) in [5, 5.41) is 14.3. The lowest BCUT2D eigenvalue weighted by atomic mass is 9.73. The molecule has 2 unspecified atom stereocenters. The first kappa shape index (κ1) is 16.9. The lowest BCUT2D eigenvalue weighted by Crippen LogP contribution is -2.45. The van der Waals surface area contributed by atoms with Crippen molar-refractivity contribution in [1.82, 2.24) is 14.7 Å². The molecule has 0 radical (unpaired) electrons. The maximum atomic E-state index is 12.2. The maximum absolute atomic E-state index is 12.2. The molecule has 1 N–H and O–H groups in total. The van der Waals surface area contributed by atoms with Gasteiger partial charge < -0.3 is 14.6 Å². The van der Waals surface area contributed by atoms with Gasteiger partial charge in [-0.1, -0.05) is 6.07 Å². The third-order valence-corrected chi connectivity index (χ3v) is 5.54. The number of likely N-dealkylation sites (tertiary alicyclic amines) is 1. The molecule has 3 heterocycles. The molecule has 0 amide bonds. The van der Waals surface area contributed by atoms with Crippen LogP contribution in [-0.4, -0.2) is 52.6 Å². The van der Waals surface area contributed by atoms with E-state index in [4.69, 9.17) is 9.47 Å². The van der Waals surface area contributed by atoms with Gasteiger partial charge in [0.05, 0.1) is 13.3 Å². The highest BCUT2D eigenvalue weighted by atomic mass is 16.5. The summed E-state index contributed by atoms with van der Waals surface area (Å²) in [4.78, 5) is 14.4. The Hall–Kier alpha value is -2.54. The Morgan fingerprint density at radius 1 is 1.50 bits per heavy atom. The number of carboxylic acids is 1. The number of carbonyl (C=O) groups is 1. The van der Waals surface area contributed by atoms with Gasteiger partial charge in [0.2, 0.25) is 0 Å². The van der Waals surface area contributed by atoms with Gasteiger partial charge in [-0.25, -0.2) is 0 Å². The van der Waals surface area contributed by atoms with E-state index < -0.39 is 11.4 Å². The van der Waals surface area contributed by atoms with Crippen molar-refractivity contribution in [2.45, 2.75) is 25.9 Å². The third-order valence-electron chi connectivity index (χ3n) is 5.54. The Morgan fingerprint density at radius 2 is 2.35 bits per heavy atom. The molecule has 4 rings (SSSR count). The van der Waals surface area contributed by atoms with E-state index >= 15 is 0 Å². The van der Waals surface area contributed by atoms with Crippen molar-refractivity contribution in [3.05, 3.63) is 41.7 Å². The molecule has 2 aromatic rings. The molecule has 1 fully saturated rings. The minimum atomic E-state index is -0.914. The number of methoxy groups -OCH3 is 1. The summed E-state index contributed by atoms with van der Waals surface area (Å²) in [6, 6.07) is 5.65. The second-order valence-corrected chi connectivity index (χ2v) is 7.08. The first-order chi connectivity index (χ1) is 12.6. The fourth-order valence-corrected chi connectivity index (χ4v) is 4.13. The average molecular weight is 357 g/mol. The van der Waals surface area contributed by atoms with Crippen LogP contribution >= 0.6 is 0 Å². The maximum Gasteiger partial charge on any atom is 0.315 e. The molecule has 0 spiro atoms. The number of carboxylic acid groups (broad SMARTS) is 1. The number of aryl methyl sites for hydroxylation is 1. The monoisotopic (exact) mass is 357 g/mol. The van der Waals surface area contributed by atoms with Crippen LogP contribution in [0.3, 0.4) is 0 Å². The zero-order valence-electron chi connectivity index (χ0n) is 15.0. The van der Waals surface area contributed by atoms with Crippen LogP contribution in [0.15, 0.2) is 30.6 Å². The Kier molecular flexibility index (Phi) is 4.11. The summed E-state index contributed by atoms with van der Waals surface area (Å²) in [5.41, 5.74) is 1.13. The standard InChI is InChI=1S/C19H23N3O4/c1-3-22-9-13(7-20-22)8-21-10-16-15-5-4-14(25-2)6-17(15)26-12-19(16,11-21)18(23)24/h4-7,9,16H,3,8,10-12H2,1-2H3,(H,23,24). The highest BCUT2D eigenvalue weighted by Gasteiger charge is 2.56. The molecule has 1 aromatic heterocycles. The SMILES string of the molecule is CCn1cc(CN2CC3c4ccc(OC)cc4OCC3(C(=O)O)C2)cn1. The van der Waals surface area contributed by atoms with Crippen LogP contribution in [0.1, 0.15) is 24.0 Å². The number of hydrogen-bond donors (Lipinski definition) is 1. The van der Waals surface area contributed by atoms with Crippen LogP contribution in [0, 0.1) is 5.41 Å². The quantitative estimate of drug-likeness (QED) is 0.882. The first-order valence-corrected chi connectivity index (χ1v) is 8.83. The number of fused-ring (bicyclic) bond motifs is 3. The van der Waals surface area contributed by atoms with E-state index in [2.05, 4.69) is 10.00 Å². The number of aliphatic carboxylic acids is 1. The van der Waals surface area contributed by atoms with Crippen LogP contribution in [0.4, 0.5) is 0 Å². The molecule has 1 saturated heterocycles. The van der Waals surface area contributed by atoms with Crippen LogP contribution in [0.2, 0.25) is 0 Å². The number of nitrogens with zero attached hydrogens (tertiary/aromatic N) is 3. The van der Waals surface area contributed by atoms with E-state index in [-0.39, 0.29) is 12.5 Å². The summed E-state index contributed by atoms with van der Waals surface area (Å²) >= 11 is 0. The molecule has 2 aliphatic heterocycles. The molecule has 2 aliphatic rings. The minimum Gasteiger partial charge on any atom is -0.497 e. The van der Waals surface area contributed by atoms with Gasteiger partial charge in [-0.2, -0.15) is 5.10 Å². The molecule has 26 heavy (non-hydrogen) atoms. The summed E-state index contributed by atoms with van der Waals surface area (Å²) in [6.45, 7) is 4.89. The summed E-state index contributed by atoms with van der Waals surface area (Å²) in [7, 11) is 1.61. The topological polar surface area (TPSA) is 76.8 Å². The molecule has 7 heteroatoms. The average Bonchev–Trinajstić information content (AvgIpc) is 3.26. The smallest absolute Gasteiger partial charge is 0.315 e.